The summed E-state index contributed by atoms with van der Waals surface area (Å²) in [5, 5.41) is 7.00. The van der Waals surface area contributed by atoms with E-state index in [0.29, 0.717) is 30.2 Å². The lowest BCUT2D eigenvalue weighted by atomic mass is 10.1. The number of likely N-dealkylation sites (N-methyl/N-ethyl adjacent to an activating group) is 2. The third kappa shape index (κ3) is 10.4. The molecule has 0 aliphatic heterocycles. The maximum Gasteiger partial charge on any atom is 0.273 e. The van der Waals surface area contributed by atoms with Crippen molar-refractivity contribution in [3.05, 3.63) is 94.5 Å². The van der Waals surface area contributed by atoms with Crippen molar-refractivity contribution in [2.75, 3.05) is 58.9 Å². The van der Waals surface area contributed by atoms with Crippen molar-refractivity contribution in [2.24, 2.45) is 5.10 Å². The highest BCUT2D eigenvalue weighted by atomic mass is 16.5. The summed E-state index contributed by atoms with van der Waals surface area (Å²) in [4.78, 5) is 31.1. The van der Waals surface area contributed by atoms with Gasteiger partial charge >= 0.3 is 0 Å². The average molecular weight is 574 g/mol. The van der Waals surface area contributed by atoms with Gasteiger partial charge in [0.15, 0.2) is 0 Å². The van der Waals surface area contributed by atoms with Crippen LogP contribution in [0.15, 0.2) is 71.8 Å². The number of aryl methyl sites for hydroxylation is 1. The van der Waals surface area contributed by atoms with Crippen LogP contribution in [0.5, 0.6) is 5.75 Å². The zero-order chi connectivity index (χ0) is 30.3. The minimum absolute atomic E-state index is 0.228. The van der Waals surface area contributed by atoms with Gasteiger partial charge in [0.05, 0.1) is 24.1 Å². The number of methoxy groups -OCH3 is 1. The van der Waals surface area contributed by atoms with Gasteiger partial charge in [-0.3, -0.25) is 9.59 Å². The fraction of sp³-hybridized carbons (Fsp3) is 0.364. The lowest BCUT2D eigenvalue weighted by Crippen LogP contribution is -2.32. The van der Waals surface area contributed by atoms with E-state index in [0.717, 1.165) is 49.4 Å². The minimum atomic E-state index is -0.477. The lowest BCUT2D eigenvalue weighted by Gasteiger charge is -2.23. The number of hydrogen-bond acceptors (Lipinski definition) is 7. The molecule has 0 spiro atoms. The van der Waals surface area contributed by atoms with Crippen LogP contribution < -0.4 is 15.5 Å². The van der Waals surface area contributed by atoms with E-state index in [1.165, 1.54) is 0 Å². The first kappa shape index (κ1) is 32.5. The summed E-state index contributed by atoms with van der Waals surface area (Å²) in [7, 11) is 3.67. The maximum atomic E-state index is 13.3. The Balaban J connectivity index is 1.73. The normalized spacial score (nSPS) is 11.3. The van der Waals surface area contributed by atoms with Gasteiger partial charge < -0.3 is 24.6 Å². The van der Waals surface area contributed by atoms with Crippen LogP contribution in [-0.2, 0) is 11.3 Å². The molecular weight excluding hydrogens is 530 g/mol. The molecule has 0 bridgehead atoms. The molecule has 0 aliphatic rings. The number of carbonyl (C=O) groups is 2. The number of hydrazone groups is 1. The van der Waals surface area contributed by atoms with Crippen molar-refractivity contribution in [3.63, 3.8) is 0 Å². The second-order valence-corrected chi connectivity index (χ2v) is 10.1. The number of ether oxygens (including phenoxy) is 2. The largest absolute Gasteiger partial charge is 0.491 e. The van der Waals surface area contributed by atoms with Crippen LogP contribution in [0.4, 0.5) is 5.69 Å². The molecule has 3 aromatic rings. The number of nitrogens with zero attached hydrogens (tertiary/aromatic N) is 3. The second kappa shape index (κ2) is 17.0. The third-order valence-electron chi connectivity index (χ3n) is 6.83. The Morgan fingerprint density at radius 2 is 1.69 bits per heavy atom. The molecule has 3 aromatic carbocycles. The van der Waals surface area contributed by atoms with Gasteiger partial charge in [-0.05, 0) is 68.5 Å². The van der Waals surface area contributed by atoms with Gasteiger partial charge in [0.2, 0.25) is 0 Å². The Morgan fingerprint density at radius 1 is 0.929 bits per heavy atom. The van der Waals surface area contributed by atoms with Crippen molar-refractivity contribution in [3.8, 4) is 5.75 Å². The van der Waals surface area contributed by atoms with Gasteiger partial charge in [0.25, 0.3) is 11.8 Å². The number of hydrogen-bond donors (Lipinski definition) is 2. The monoisotopic (exact) mass is 573 g/mol. The molecule has 0 unspecified atom stereocenters. The van der Waals surface area contributed by atoms with Gasteiger partial charge in [0, 0.05) is 32.3 Å². The zero-order valence-electron chi connectivity index (χ0n) is 25.4. The first-order valence-corrected chi connectivity index (χ1v) is 14.3. The summed E-state index contributed by atoms with van der Waals surface area (Å²) in [5.74, 6) is -0.310. The molecule has 3 rings (SSSR count). The van der Waals surface area contributed by atoms with Crippen molar-refractivity contribution < 1.29 is 19.1 Å². The molecule has 0 saturated carbocycles. The molecule has 42 heavy (non-hydrogen) atoms. The summed E-state index contributed by atoms with van der Waals surface area (Å²) in [6.45, 7) is 11.8. The van der Waals surface area contributed by atoms with E-state index in [1.807, 2.05) is 49.4 Å². The van der Waals surface area contributed by atoms with E-state index < -0.39 is 5.91 Å². The van der Waals surface area contributed by atoms with Gasteiger partial charge in [0.1, 0.15) is 12.4 Å². The Morgan fingerprint density at radius 3 is 2.40 bits per heavy atom. The highest BCUT2D eigenvalue weighted by Gasteiger charge is 2.16. The molecule has 0 saturated heterocycles. The topological polar surface area (TPSA) is 95.5 Å². The van der Waals surface area contributed by atoms with Crippen LogP contribution >= 0.6 is 0 Å². The summed E-state index contributed by atoms with van der Waals surface area (Å²) < 4.78 is 10.8. The molecule has 224 valence electrons. The van der Waals surface area contributed by atoms with Crippen LogP contribution in [0.25, 0.3) is 0 Å². The number of carbonyl (C=O) groups excluding carboxylic acids is 2. The summed E-state index contributed by atoms with van der Waals surface area (Å²) in [5.41, 5.74) is 6.67. The maximum absolute atomic E-state index is 13.3. The molecule has 0 heterocycles. The number of amides is 2. The van der Waals surface area contributed by atoms with Crippen LogP contribution in [0.3, 0.4) is 0 Å². The third-order valence-corrected chi connectivity index (χ3v) is 6.83. The van der Waals surface area contributed by atoms with E-state index in [2.05, 4.69) is 46.5 Å². The van der Waals surface area contributed by atoms with Gasteiger partial charge in [-0.25, -0.2) is 5.43 Å². The number of anilines is 1. The fourth-order valence-corrected chi connectivity index (χ4v) is 4.28. The van der Waals surface area contributed by atoms with Gasteiger partial charge in [-0.1, -0.05) is 55.8 Å². The van der Waals surface area contributed by atoms with E-state index in [9.17, 15) is 9.59 Å². The van der Waals surface area contributed by atoms with Crippen molar-refractivity contribution >= 4 is 23.7 Å². The molecule has 0 atom stereocenters. The molecule has 0 radical (unpaired) electrons. The summed E-state index contributed by atoms with van der Waals surface area (Å²) in [6, 6.07) is 20.3. The molecular formula is C33H43N5O4. The zero-order valence-corrected chi connectivity index (χ0v) is 25.4. The van der Waals surface area contributed by atoms with Crippen LogP contribution in [0, 0.1) is 6.92 Å². The number of nitrogens with one attached hydrogen (secondary N) is 2. The molecule has 2 amide bonds. The Hall–Kier alpha value is -4.05. The molecule has 9 nitrogen and oxygen atoms in total. The van der Waals surface area contributed by atoms with Gasteiger partial charge in [-0.15, -0.1) is 0 Å². The second-order valence-electron chi connectivity index (χ2n) is 10.1. The Bertz CT molecular complexity index is 1320. The average Bonchev–Trinajstić information content (AvgIpc) is 2.99. The highest BCUT2D eigenvalue weighted by molar-refractivity contribution is 6.09. The van der Waals surface area contributed by atoms with E-state index in [1.54, 1.807) is 37.6 Å². The Labute approximate surface area is 249 Å². The first-order chi connectivity index (χ1) is 20.3. The summed E-state index contributed by atoms with van der Waals surface area (Å²) >= 11 is 0. The van der Waals surface area contributed by atoms with Crippen LogP contribution in [0.1, 0.15) is 51.3 Å². The minimum Gasteiger partial charge on any atom is -0.491 e. The van der Waals surface area contributed by atoms with E-state index >= 15 is 0 Å². The molecule has 0 aliphatic carbocycles. The molecule has 2 N–H and O–H groups in total. The lowest BCUT2D eigenvalue weighted by molar-refractivity contribution is 0.0955. The molecule has 9 heteroatoms. The predicted octanol–water partition coefficient (Wildman–Crippen LogP) is 4.81. The van der Waals surface area contributed by atoms with Crippen molar-refractivity contribution in [1.82, 2.24) is 15.2 Å². The smallest absolute Gasteiger partial charge is 0.273 e. The SMILES string of the molecule is CCN(CC)CCN(C)Cc1cccc(C(=O)Nc2ccc(OCCOC)cc2C(=O)NN=Cc2ccc(C)cc2)c1. The fourth-order valence-electron chi connectivity index (χ4n) is 4.28. The van der Waals surface area contributed by atoms with Crippen LogP contribution in [0.2, 0.25) is 0 Å². The van der Waals surface area contributed by atoms with E-state index in [4.69, 9.17) is 9.47 Å². The number of benzene rings is 3. The van der Waals surface area contributed by atoms with Crippen molar-refractivity contribution in [2.45, 2.75) is 27.3 Å². The van der Waals surface area contributed by atoms with E-state index in [-0.39, 0.29) is 11.5 Å². The standard InChI is InChI=1S/C33H43N5O4/c1-6-38(7-2)18-17-37(4)24-27-9-8-10-28(21-27)32(39)35-31-16-15-29(42-20-19-41-5)22-30(31)33(40)36-34-23-26-13-11-25(3)12-14-26/h8-16,21-23H,6-7,17-20,24H2,1-5H3,(H,35,39)(H,36,40). The van der Waals surface area contributed by atoms with Crippen LogP contribution in [-0.4, -0.2) is 81.4 Å². The van der Waals surface area contributed by atoms with Crippen molar-refractivity contribution in [1.29, 1.82) is 0 Å². The highest BCUT2D eigenvalue weighted by Crippen LogP contribution is 2.23. The first-order valence-electron chi connectivity index (χ1n) is 14.3. The number of rotatable bonds is 16. The Kier molecular flexibility index (Phi) is 13.2. The molecule has 0 fully saturated rings. The van der Waals surface area contributed by atoms with Gasteiger partial charge in [-0.2, -0.15) is 5.10 Å². The summed E-state index contributed by atoms with van der Waals surface area (Å²) in [6.07, 6.45) is 1.57. The molecule has 0 aromatic heterocycles. The predicted molar refractivity (Wildman–Crippen MR) is 169 cm³/mol. The quantitative estimate of drug-likeness (QED) is 0.145.